The fourth-order valence-corrected chi connectivity index (χ4v) is 3.04. The van der Waals surface area contributed by atoms with Gasteiger partial charge in [0, 0.05) is 18.7 Å². The van der Waals surface area contributed by atoms with E-state index in [1.165, 1.54) is 51.4 Å². The molecule has 82 valence electrons. The minimum atomic E-state index is 0.379. The monoisotopic (exact) mass is 197 g/mol. The van der Waals surface area contributed by atoms with E-state index in [1.807, 2.05) is 0 Å². The molecule has 14 heavy (non-hydrogen) atoms. The van der Waals surface area contributed by atoms with Crippen molar-refractivity contribution in [3.63, 3.8) is 0 Å². The maximum atomic E-state index is 9.30. The second-order valence-electron chi connectivity index (χ2n) is 4.98. The molecule has 0 aromatic heterocycles. The van der Waals surface area contributed by atoms with Gasteiger partial charge in [0.15, 0.2) is 0 Å². The first-order valence-corrected chi connectivity index (χ1v) is 6.27. The lowest BCUT2D eigenvalue weighted by atomic mass is 9.84. The second kappa shape index (κ2) is 5.13. The van der Waals surface area contributed by atoms with Crippen molar-refractivity contribution in [3.8, 4) is 0 Å². The molecule has 2 saturated carbocycles. The second-order valence-corrected chi connectivity index (χ2v) is 4.98. The van der Waals surface area contributed by atoms with Gasteiger partial charge in [-0.3, -0.25) is 0 Å². The van der Waals surface area contributed by atoms with E-state index in [0.717, 1.165) is 6.04 Å². The van der Waals surface area contributed by atoms with Gasteiger partial charge in [-0.25, -0.2) is 0 Å². The summed E-state index contributed by atoms with van der Waals surface area (Å²) in [6, 6.07) is 1.36. The Morgan fingerprint density at radius 1 is 0.929 bits per heavy atom. The molecule has 2 fully saturated rings. The third-order valence-electron chi connectivity index (χ3n) is 3.95. The molecular weight excluding hydrogens is 174 g/mol. The Hall–Kier alpha value is -0.0800. The number of aliphatic hydroxyl groups excluding tert-OH is 1. The standard InChI is InChI=1S/C12H23NO/c14-9-10-5-1-4-8-12(10)13-11-6-2-3-7-11/h10-14H,1-9H2. The van der Waals surface area contributed by atoms with E-state index in [-0.39, 0.29) is 0 Å². The Bertz CT molecular complexity index is 166. The van der Waals surface area contributed by atoms with Gasteiger partial charge in [0.05, 0.1) is 0 Å². The minimum Gasteiger partial charge on any atom is -0.396 e. The Kier molecular flexibility index (Phi) is 3.82. The van der Waals surface area contributed by atoms with Crippen LogP contribution in [0.4, 0.5) is 0 Å². The van der Waals surface area contributed by atoms with Crippen LogP contribution in [-0.4, -0.2) is 23.8 Å². The van der Waals surface area contributed by atoms with Gasteiger partial charge < -0.3 is 10.4 Å². The van der Waals surface area contributed by atoms with E-state index in [9.17, 15) is 5.11 Å². The SMILES string of the molecule is OCC1CCCCC1NC1CCCC1. The van der Waals surface area contributed by atoms with Gasteiger partial charge in [-0.2, -0.15) is 0 Å². The minimum absolute atomic E-state index is 0.379. The van der Waals surface area contributed by atoms with Crippen LogP contribution in [0.3, 0.4) is 0 Å². The van der Waals surface area contributed by atoms with Gasteiger partial charge in [0.1, 0.15) is 0 Å². The van der Waals surface area contributed by atoms with Crippen LogP contribution in [0, 0.1) is 5.92 Å². The molecule has 2 aliphatic rings. The normalized spacial score (nSPS) is 34.9. The van der Waals surface area contributed by atoms with E-state index >= 15 is 0 Å². The van der Waals surface area contributed by atoms with Gasteiger partial charge in [0.25, 0.3) is 0 Å². The Labute approximate surface area is 87.1 Å². The molecule has 0 aromatic carbocycles. The van der Waals surface area contributed by atoms with Crippen molar-refractivity contribution in [3.05, 3.63) is 0 Å². The highest BCUT2D eigenvalue weighted by molar-refractivity contribution is 4.85. The lowest BCUT2D eigenvalue weighted by Gasteiger charge is -2.33. The molecule has 2 N–H and O–H groups in total. The third kappa shape index (κ3) is 2.48. The summed E-state index contributed by atoms with van der Waals surface area (Å²) in [6.45, 7) is 0.379. The molecule has 2 unspecified atom stereocenters. The van der Waals surface area contributed by atoms with Crippen LogP contribution in [0.15, 0.2) is 0 Å². The Balaban J connectivity index is 1.81. The maximum absolute atomic E-state index is 9.30. The number of aliphatic hydroxyl groups is 1. The molecule has 2 atom stereocenters. The number of rotatable bonds is 3. The molecule has 0 heterocycles. The van der Waals surface area contributed by atoms with Gasteiger partial charge in [-0.15, -0.1) is 0 Å². The molecule has 0 spiro atoms. The molecule has 0 bridgehead atoms. The van der Waals surface area contributed by atoms with Crippen LogP contribution >= 0.6 is 0 Å². The first kappa shape index (κ1) is 10.4. The zero-order chi connectivity index (χ0) is 9.80. The highest BCUT2D eigenvalue weighted by Gasteiger charge is 2.27. The van der Waals surface area contributed by atoms with Crippen molar-refractivity contribution in [2.24, 2.45) is 5.92 Å². The molecule has 0 saturated heterocycles. The lowest BCUT2D eigenvalue weighted by molar-refractivity contribution is 0.146. The predicted octanol–water partition coefficient (Wildman–Crippen LogP) is 2.07. The van der Waals surface area contributed by atoms with E-state index in [4.69, 9.17) is 0 Å². The zero-order valence-electron chi connectivity index (χ0n) is 9.04. The van der Waals surface area contributed by atoms with Crippen molar-refractivity contribution >= 4 is 0 Å². The predicted molar refractivity (Wildman–Crippen MR) is 58.2 cm³/mol. The number of nitrogens with one attached hydrogen (secondary N) is 1. The molecule has 2 aliphatic carbocycles. The molecule has 0 aliphatic heterocycles. The fraction of sp³-hybridized carbons (Fsp3) is 1.00. The first-order chi connectivity index (χ1) is 6.90. The smallest absolute Gasteiger partial charge is 0.0474 e. The first-order valence-electron chi connectivity index (χ1n) is 6.27. The molecular formula is C12H23NO. The summed E-state index contributed by atoms with van der Waals surface area (Å²) in [6.07, 6.45) is 10.7. The van der Waals surface area contributed by atoms with Crippen molar-refractivity contribution in [2.45, 2.75) is 63.5 Å². The third-order valence-corrected chi connectivity index (χ3v) is 3.95. The Morgan fingerprint density at radius 2 is 1.57 bits per heavy atom. The molecule has 2 rings (SSSR count). The van der Waals surface area contributed by atoms with E-state index in [2.05, 4.69) is 5.32 Å². The quantitative estimate of drug-likeness (QED) is 0.726. The van der Waals surface area contributed by atoms with E-state index < -0.39 is 0 Å². The number of hydrogen-bond donors (Lipinski definition) is 2. The van der Waals surface area contributed by atoms with Crippen molar-refractivity contribution < 1.29 is 5.11 Å². The fourth-order valence-electron chi connectivity index (χ4n) is 3.04. The maximum Gasteiger partial charge on any atom is 0.0474 e. The van der Waals surface area contributed by atoms with Crippen molar-refractivity contribution in [1.29, 1.82) is 0 Å². The summed E-state index contributed by atoms with van der Waals surface area (Å²) in [5.41, 5.74) is 0. The van der Waals surface area contributed by atoms with Gasteiger partial charge in [-0.05, 0) is 31.6 Å². The van der Waals surface area contributed by atoms with Crippen LogP contribution in [0.25, 0.3) is 0 Å². The average molecular weight is 197 g/mol. The zero-order valence-corrected chi connectivity index (χ0v) is 9.04. The largest absolute Gasteiger partial charge is 0.396 e. The topological polar surface area (TPSA) is 32.3 Å². The number of hydrogen-bond acceptors (Lipinski definition) is 2. The highest BCUT2D eigenvalue weighted by atomic mass is 16.3. The molecule has 0 radical (unpaired) electrons. The van der Waals surface area contributed by atoms with Gasteiger partial charge >= 0.3 is 0 Å². The van der Waals surface area contributed by atoms with Crippen molar-refractivity contribution in [2.75, 3.05) is 6.61 Å². The molecule has 0 aromatic rings. The van der Waals surface area contributed by atoms with E-state index in [1.54, 1.807) is 0 Å². The van der Waals surface area contributed by atoms with E-state index in [0.29, 0.717) is 18.6 Å². The van der Waals surface area contributed by atoms with Crippen LogP contribution in [-0.2, 0) is 0 Å². The molecule has 2 heteroatoms. The summed E-state index contributed by atoms with van der Waals surface area (Å²) in [5.74, 6) is 0.532. The van der Waals surface area contributed by atoms with Gasteiger partial charge in [-0.1, -0.05) is 25.7 Å². The highest BCUT2D eigenvalue weighted by Crippen LogP contribution is 2.26. The summed E-state index contributed by atoms with van der Waals surface area (Å²) in [7, 11) is 0. The Morgan fingerprint density at radius 3 is 2.29 bits per heavy atom. The summed E-state index contributed by atoms with van der Waals surface area (Å²) in [5, 5.41) is 13.1. The van der Waals surface area contributed by atoms with Crippen LogP contribution < -0.4 is 5.32 Å². The van der Waals surface area contributed by atoms with Crippen molar-refractivity contribution in [1.82, 2.24) is 5.32 Å². The average Bonchev–Trinajstić information content (AvgIpc) is 2.71. The summed E-state index contributed by atoms with van der Waals surface area (Å²) < 4.78 is 0. The van der Waals surface area contributed by atoms with Crippen LogP contribution in [0.1, 0.15) is 51.4 Å². The van der Waals surface area contributed by atoms with Crippen LogP contribution in [0.2, 0.25) is 0 Å². The molecule has 0 amide bonds. The van der Waals surface area contributed by atoms with Crippen LogP contribution in [0.5, 0.6) is 0 Å². The summed E-state index contributed by atoms with van der Waals surface area (Å²) in [4.78, 5) is 0. The molecule has 2 nitrogen and oxygen atoms in total. The van der Waals surface area contributed by atoms with Gasteiger partial charge in [0.2, 0.25) is 0 Å². The summed E-state index contributed by atoms with van der Waals surface area (Å²) >= 11 is 0. The lowest BCUT2D eigenvalue weighted by Crippen LogP contribution is -2.44.